The highest BCUT2D eigenvalue weighted by Crippen LogP contribution is 2.39. The van der Waals surface area contributed by atoms with E-state index in [4.69, 9.17) is 4.74 Å². The van der Waals surface area contributed by atoms with Gasteiger partial charge in [-0.1, -0.05) is 6.92 Å². The van der Waals surface area contributed by atoms with E-state index < -0.39 is 0 Å². The average Bonchev–Trinajstić information content (AvgIpc) is 2.76. The number of imidazole rings is 1. The van der Waals surface area contributed by atoms with Crippen LogP contribution in [0.15, 0.2) is 12.4 Å². The Morgan fingerprint density at radius 1 is 1.59 bits per heavy atom. The maximum atomic E-state index is 5.70. The minimum Gasteiger partial charge on any atom is -0.378 e. The second-order valence-corrected chi connectivity index (χ2v) is 4.94. The van der Waals surface area contributed by atoms with Crippen LogP contribution in [0, 0.1) is 0 Å². The normalized spacial score (nSPS) is 19.9. The number of hydrogen-bond acceptors (Lipinski definition) is 3. The van der Waals surface area contributed by atoms with Crippen molar-refractivity contribution in [2.24, 2.45) is 0 Å². The van der Waals surface area contributed by atoms with Crippen molar-refractivity contribution >= 4 is 0 Å². The smallest absolute Gasteiger partial charge is 0.107 e. The fraction of sp³-hybridized carbons (Fsp3) is 0.769. The summed E-state index contributed by atoms with van der Waals surface area (Å²) < 4.78 is 5.70. The van der Waals surface area contributed by atoms with Gasteiger partial charge in [0.05, 0.1) is 5.60 Å². The lowest BCUT2D eigenvalue weighted by atomic mass is 9.75. The van der Waals surface area contributed by atoms with E-state index in [1.54, 1.807) is 0 Å². The highest BCUT2D eigenvalue weighted by Gasteiger charge is 2.38. The number of nitrogens with one attached hydrogen (secondary N) is 2. The minimum atomic E-state index is 0.124. The van der Waals surface area contributed by atoms with Crippen molar-refractivity contribution in [3.63, 3.8) is 0 Å². The number of aromatic amines is 1. The predicted molar refractivity (Wildman–Crippen MR) is 68.0 cm³/mol. The van der Waals surface area contributed by atoms with Crippen molar-refractivity contribution in [1.82, 2.24) is 15.3 Å². The Hall–Kier alpha value is -0.870. The molecule has 96 valence electrons. The number of methoxy groups -OCH3 is 1. The number of likely N-dealkylation sites (N-methyl/N-ethyl adjacent to an activating group) is 1. The van der Waals surface area contributed by atoms with Gasteiger partial charge in [-0.3, -0.25) is 0 Å². The zero-order valence-corrected chi connectivity index (χ0v) is 10.8. The lowest BCUT2D eigenvalue weighted by molar-refractivity contribution is -0.0834. The molecule has 1 fully saturated rings. The molecular weight excluding hydrogens is 214 g/mol. The first-order chi connectivity index (χ1) is 8.28. The maximum absolute atomic E-state index is 5.70. The predicted octanol–water partition coefficient (Wildman–Crippen LogP) is 1.89. The van der Waals surface area contributed by atoms with Crippen LogP contribution in [-0.2, 0) is 11.2 Å². The van der Waals surface area contributed by atoms with Crippen molar-refractivity contribution in [3.05, 3.63) is 18.2 Å². The third-order valence-corrected chi connectivity index (χ3v) is 3.80. The molecule has 2 rings (SSSR count). The van der Waals surface area contributed by atoms with E-state index in [1.807, 2.05) is 19.5 Å². The fourth-order valence-corrected chi connectivity index (χ4v) is 2.66. The summed E-state index contributed by atoms with van der Waals surface area (Å²) in [4.78, 5) is 7.48. The number of aromatic nitrogens is 2. The van der Waals surface area contributed by atoms with Crippen LogP contribution in [-0.4, -0.2) is 35.3 Å². The van der Waals surface area contributed by atoms with Gasteiger partial charge in [0.1, 0.15) is 5.82 Å². The summed E-state index contributed by atoms with van der Waals surface area (Å²) in [5, 5.41) is 3.54. The van der Waals surface area contributed by atoms with Crippen LogP contribution < -0.4 is 5.32 Å². The van der Waals surface area contributed by atoms with Crippen LogP contribution in [0.3, 0.4) is 0 Å². The molecule has 1 aromatic heterocycles. The Morgan fingerprint density at radius 2 is 2.41 bits per heavy atom. The Labute approximate surface area is 103 Å². The quantitative estimate of drug-likeness (QED) is 0.761. The van der Waals surface area contributed by atoms with Crippen LogP contribution in [0.4, 0.5) is 0 Å². The zero-order chi connectivity index (χ0) is 12.1. The molecule has 0 amide bonds. The van der Waals surface area contributed by atoms with Gasteiger partial charge in [-0.05, 0) is 32.2 Å². The number of H-pyrrole nitrogens is 1. The van der Waals surface area contributed by atoms with Gasteiger partial charge in [-0.2, -0.15) is 0 Å². The van der Waals surface area contributed by atoms with Gasteiger partial charge in [-0.25, -0.2) is 4.98 Å². The molecule has 1 aromatic rings. The molecule has 0 radical (unpaired) electrons. The third kappa shape index (κ3) is 3.07. The monoisotopic (exact) mass is 237 g/mol. The van der Waals surface area contributed by atoms with Crippen LogP contribution >= 0.6 is 0 Å². The summed E-state index contributed by atoms with van der Waals surface area (Å²) in [7, 11) is 1.84. The zero-order valence-electron chi connectivity index (χ0n) is 10.8. The largest absolute Gasteiger partial charge is 0.378 e. The summed E-state index contributed by atoms with van der Waals surface area (Å²) in [6.45, 7) is 3.14. The lowest BCUT2D eigenvalue weighted by Crippen LogP contribution is -2.46. The van der Waals surface area contributed by atoms with Gasteiger partial charge in [0.25, 0.3) is 0 Å². The van der Waals surface area contributed by atoms with Gasteiger partial charge in [0.2, 0.25) is 0 Å². The molecule has 4 nitrogen and oxygen atoms in total. The summed E-state index contributed by atoms with van der Waals surface area (Å²) >= 11 is 0. The van der Waals surface area contributed by atoms with E-state index in [9.17, 15) is 0 Å². The number of hydrogen-bond donors (Lipinski definition) is 2. The Balaban J connectivity index is 1.92. The highest BCUT2D eigenvalue weighted by atomic mass is 16.5. The Morgan fingerprint density at radius 3 is 2.88 bits per heavy atom. The van der Waals surface area contributed by atoms with Crippen LogP contribution in [0.1, 0.15) is 38.4 Å². The lowest BCUT2D eigenvalue weighted by Gasteiger charge is -2.43. The minimum absolute atomic E-state index is 0.124. The van der Waals surface area contributed by atoms with E-state index in [0.29, 0.717) is 6.04 Å². The van der Waals surface area contributed by atoms with Crippen molar-refractivity contribution in [1.29, 1.82) is 0 Å². The average molecular weight is 237 g/mol. The van der Waals surface area contributed by atoms with Gasteiger partial charge in [-0.15, -0.1) is 0 Å². The number of nitrogens with zero attached hydrogens (tertiary/aromatic N) is 1. The first-order valence-corrected chi connectivity index (χ1v) is 6.55. The molecule has 1 heterocycles. The van der Waals surface area contributed by atoms with E-state index in [2.05, 4.69) is 22.2 Å². The summed E-state index contributed by atoms with van der Waals surface area (Å²) in [5.41, 5.74) is 0.124. The standard InChI is InChI=1S/C13H23N3O/c1-3-14-11(9-12-15-7-8-16-12)10-13(17-2)5-4-6-13/h7-8,11,14H,3-6,9-10H2,1-2H3,(H,15,16). The van der Waals surface area contributed by atoms with Gasteiger partial charge >= 0.3 is 0 Å². The van der Waals surface area contributed by atoms with Crippen LogP contribution in [0.2, 0.25) is 0 Å². The van der Waals surface area contributed by atoms with E-state index in [-0.39, 0.29) is 5.60 Å². The molecule has 1 saturated carbocycles. The van der Waals surface area contributed by atoms with Crippen molar-refractivity contribution < 1.29 is 4.74 Å². The van der Waals surface area contributed by atoms with E-state index in [1.165, 1.54) is 19.3 Å². The van der Waals surface area contributed by atoms with Gasteiger partial charge in [0, 0.05) is 32.0 Å². The summed E-state index contributed by atoms with van der Waals surface area (Å²) in [6, 6.07) is 0.450. The van der Waals surface area contributed by atoms with Crippen molar-refractivity contribution in [2.45, 2.75) is 50.7 Å². The molecule has 0 aromatic carbocycles. The van der Waals surface area contributed by atoms with Gasteiger partial charge in [0.15, 0.2) is 0 Å². The molecule has 1 aliphatic carbocycles. The van der Waals surface area contributed by atoms with Gasteiger partial charge < -0.3 is 15.0 Å². The van der Waals surface area contributed by atoms with Crippen molar-refractivity contribution in [2.75, 3.05) is 13.7 Å². The Kier molecular flexibility index (Phi) is 4.18. The highest BCUT2D eigenvalue weighted by molar-refractivity contribution is 4.97. The molecule has 1 unspecified atom stereocenters. The van der Waals surface area contributed by atoms with E-state index >= 15 is 0 Å². The Bertz CT molecular complexity index is 314. The second-order valence-electron chi connectivity index (χ2n) is 4.94. The fourth-order valence-electron chi connectivity index (χ4n) is 2.66. The molecule has 17 heavy (non-hydrogen) atoms. The molecule has 1 aliphatic rings. The van der Waals surface area contributed by atoms with Crippen molar-refractivity contribution in [3.8, 4) is 0 Å². The molecule has 2 N–H and O–H groups in total. The molecule has 1 atom stereocenters. The van der Waals surface area contributed by atoms with Crippen LogP contribution in [0.5, 0.6) is 0 Å². The summed E-state index contributed by atoms with van der Waals surface area (Å²) in [5.74, 6) is 1.06. The van der Waals surface area contributed by atoms with Crippen LogP contribution in [0.25, 0.3) is 0 Å². The SMILES string of the molecule is CCNC(Cc1ncc[nH]1)CC1(OC)CCC1. The molecule has 0 aliphatic heterocycles. The number of ether oxygens (including phenoxy) is 1. The molecule has 0 bridgehead atoms. The molecule has 4 heteroatoms. The second kappa shape index (κ2) is 5.65. The molecule has 0 spiro atoms. The first kappa shape index (κ1) is 12.6. The van der Waals surface area contributed by atoms with E-state index in [0.717, 1.165) is 25.2 Å². The topological polar surface area (TPSA) is 49.9 Å². The maximum Gasteiger partial charge on any atom is 0.107 e. The summed E-state index contributed by atoms with van der Waals surface area (Å²) in [6.07, 6.45) is 9.42. The molecular formula is C13H23N3O. The third-order valence-electron chi connectivity index (χ3n) is 3.80. The molecule has 0 saturated heterocycles. The number of rotatable bonds is 7. The first-order valence-electron chi connectivity index (χ1n) is 6.55.